The first kappa shape index (κ1) is 26.0. The first-order valence-corrected chi connectivity index (χ1v) is 7.80. The average Bonchev–Trinajstić information content (AvgIpc) is 2.65. The highest BCUT2D eigenvalue weighted by molar-refractivity contribution is 5.95. The minimum atomic E-state index is -7.16. The van der Waals surface area contributed by atoms with Gasteiger partial charge in [-0.25, -0.2) is 22.0 Å². The van der Waals surface area contributed by atoms with E-state index in [1.54, 1.807) is 0 Å². The van der Waals surface area contributed by atoms with Gasteiger partial charge in [0.05, 0.1) is 17.5 Å². The van der Waals surface area contributed by atoms with Crippen LogP contribution in [0.5, 0.6) is 0 Å². The SMILES string of the molecule is N#Cc1c(C#N)c(C(F)(C(F)(F)F)C(F)(F)F)c2c(F)c(F)c(F)c(F)c2c1CC(F)(F)F. The summed E-state index contributed by atoms with van der Waals surface area (Å²) in [5.74, 6) is -12.2. The smallest absolute Gasteiger partial charge is 0.218 e. The predicted molar refractivity (Wildman–Crippen MR) is 77.9 cm³/mol. The Balaban J connectivity index is 3.51. The van der Waals surface area contributed by atoms with Crippen LogP contribution >= 0.6 is 0 Å². The van der Waals surface area contributed by atoms with Gasteiger partial charge in [0.15, 0.2) is 23.3 Å². The molecule has 0 saturated carbocycles. The molecule has 0 saturated heterocycles. The van der Waals surface area contributed by atoms with Crippen molar-refractivity contribution in [2.75, 3.05) is 0 Å². The van der Waals surface area contributed by atoms with Crippen LogP contribution in [0.1, 0.15) is 22.3 Å². The molecule has 2 aromatic rings. The molecule has 0 aliphatic rings. The summed E-state index contributed by atoms with van der Waals surface area (Å²) in [5.41, 5.74) is -16.6. The number of rotatable bonds is 2. The van der Waals surface area contributed by atoms with Gasteiger partial charge >= 0.3 is 24.2 Å². The lowest BCUT2D eigenvalue weighted by atomic mass is 9.80. The van der Waals surface area contributed by atoms with Gasteiger partial charge in [0.2, 0.25) is 0 Å². The van der Waals surface area contributed by atoms with Crippen molar-refractivity contribution in [3.8, 4) is 12.1 Å². The van der Waals surface area contributed by atoms with Crippen LogP contribution in [0.2, 0.25) is 0 Å². The van der Waals surface area contributed by atoms with Crippen LogP contribution in [-0.2, 0) is 12.1 Å². The fourth-order valence-corrected chi connectivity index (χ4v) is 3.08. The maximum absolute atomic E-state index is 14.8. The predicted octanol–water partition coefficient (Wildman–Crippen LogP) is 6.53. The summed E-state index contributed by atoms with van der Waals surface area (Å²) in [4.78, 5) is 0. The fourth-order valence-electron chi connectivity index (χ4n) is 3.08. The molecule has 0 radical (unpaired) electrons. The Bertz CT molecular complexity index is 1210. The minimum absolute atomic E-state index is 0.429. The number of hydrogen-bond acceptors (Lipinski definition) is 2. The molecule has 2 nitrogen and oxygen atoms in total. The number of benzene rings is 2. The van der Waals surface area contributed by atoms with Gasteiger partial charge in [0.1, 0.15) is 12.1 Å². The number of hydrogen-bond donors (Lipinski definition) is 0. The van der Waals surface area contributed by atoms with E-state index in [1.807, 2.05) is 0 Å². The molecule has 0 aromatic heterocycles. The topological polar surface area (TPSA) is 47.6 Å². The normalized spacial score (nSPS) is 13.2. The van der Waals surface area contributed by atoms with Crippen LogP contribution in [-0.4, -0.2) is 18.5 Å². The lowest BCUT2D eigenvalue weighted by Gasteiger charge is -2.33. The van der Waals surface area contributed by atoms with E-state index in [0.29, 0.717) is 12.1 Å². The molecule has 2 rings (SSSR count). The van der Waals surface area contributed by atoms with Crippen molar-refractivity contribution >= 4 is 10.8 Å². The van der Waals surface area contributed by atoms with Crippen molar-refractivity contribution in [3.63, 3.8) is 0 Å². The highest BCUT2D eigenvalue weighted by Crippen LogP contribution is 2.57. The molecule has 0 aliphatic heterocycles. The molecule has 16 heteroatoms. The zero-order chi connectivity index (χ0) is 25.9. The number of nitriles is 2. The van der Waals surface area contributed by atoms with Crippen molar-refractivity contribution in [1.82, 2.24) is 0 Å². The summed E-state index contributed by atoms with van der Waals surface area (Å²) >= 11 is 0. The van der Waals surface area contributed by atoms with Gasteiger partial charge in [0.25, 0.3) is 0 Å². The molecule has 0 heterocycles. The van der Waals surface area contributed by atoms with Gasteiger partial charge < -0.3 is 0 Å². The minimum Gasteiger partial charge on any atom is -0.218 e. The van der Waals surface area contributed by atoms with E-state index in [9.17, 15) is 61.5 Å². The standard InChI is InChI=1S/C17H2F14N2/c18-10-7-4(1-14(22,23)24)5(2-32)6(3-33)9(8(7)11(19)13(21)12(10)20)15(25,16(26,27)28)17(29,30)31/h1H2. The van der Waals surface area contributed by atoms with Crippen LogP contribution in [0.15, 0.2) is 0 Å². The van der Waals surface area contributed by atoms with E-state index in [0.717, 1.165) is 0 Å². The number of fused-ring (bicyclic) bond motifs is 1. The third-order valence-corrected chi connectivity index (χ3v) is 4.35. The monoisotopic (exact) mass is 500 g/mol. The molecule has 2 aromatic carbocycles. The molecular weight excluding hydrogens is 498 g/mol. The zero-order valence-corrected chi connectivity index (χ0v) is 14.9. The summed E-state index contributed by atoms with van der Waals surface area (Å²) in [6, 6.07) is 1.03. The quantitative estimate of drug-likeness (QED) is 0.268. The second-order valence-corrected chi connectivity index (χ2v) is 6.28. The van der Waals surface area contributed by atoms with Crippen molar-refractivity contribution in [1.29, 1.82) is 10.5 Å². The summed E-state index contributed by atoms with van der Waals surface area (Å²) in [6.45, 7) is 0. The molecule has 0 N–H and O–H groups in total. The highest BCUT2D eigenvalue weighted by atomic mass is 19.4. The average molecular weight is 500 g/mol. The molecule has 0 bridgehead atoms. The summed E-state index contributed by atoms with van der Waals surface area (Å²) in [7, 11) is 0. The number of nitrogens with zero attached hydrogens (tertiary/aromatic N) is 2. The second-order valence-electron chi connectivity index (χ2n) is 6.28. The van der Waals surface area contributed by atoms with Crippen LogP contribution in [0, 0.1) is 45.9 Å². The molecule has 0 fully saturated rings. The van der Waals surface area contributed by atoms with Gasteiger partial charge in [0, 0.05) is 16.3 Å². The molecule has 0 spiro atoms. The van der Waals surface area contributed by atoms with E-state index in [1.165, 1.54) is 0 Å². The Morgan fingerprint density at radius 2 is 0.970 bits per heavy atom. The molecule has 33 heavy (non-hydrogen) atoms. The number of halogens is 14. The zero-order valence-electron chi connectivity index (χ0n) is 14.9. The maximum atomic E-state index is 14.8. The van der Waals surface area contributed by atoms with Gasteiger partial charge in [-0.1, -0.05) is 0 Å². The molecular formula is C17H2F14N2. The van der Waals surface area contributed by atoms with Crippen LogP contribution in [0.4, 0.5) is 61.5 Å². The Morgan fingerprint density at radius 1 is 0.576 bits per heavy atom. The second kappa shape index (κ2) is 7.64. The van der Waals surface area contributed by atoms with E-state index in [2.05, 4.69) is 0 Å². The van der Waals surface area contributed by atoms with Crippen LogP contribution in [0.25, 0.3) is 10.8 Å². The van der Waals surface area contributed by atoms with Crippen LogP contribution < -0.4 is 0 Å². The van der Waals surface area contributed by atoms with E-state index < -0.39 is 86.9 Å². The summed E-state index contributed by atoms with van der Waals surface area (Å²) in [6.07, 6.45) is -22.5. The van der Waals surface area contributed by atoms with E-state index in [-0.39, 0.29) is 0 Å². The van der Waals surface area contributed by atoms with Crippen LogP contribution in [0.3, 0.4) is 0 Å². The Hall–Kier alpha value is -3.30. The maximum Gasteiger partial charge on any atom is 0.436 e. The summed E-state index contributed by atoms with van der Waals surface area (Å²) in [5, 5.41) is 12.8. The van der Waals surface area contributed by atoms with Gasteiger partial charge in [-0.15, -0.1) is 0 Å². The third-order valence-electron chi connectivity index (χ3n) is 4.35. The summed E-state index contributed by atoms with van der Waals surface area (Å²) < 4.78 is 190. The Labute approximate surface area is 172 Å². The number of alkyl halides is 10. The molecule has 0 unspecified atom stereocenters. The van der Waals surface area contributed by atoms with Crippen molar-refractivity contribution in [3.05, 3.63) is 45.5 Å². The lowest BCUT2D eigenvalue weighted by molar-refractivity contribution is -0.348. The largest absolute Gasteiger partial charge is 0.436 e. The van der Waals surface area contributed by atoms with Crippen molar-refractivity contribution in [2.45, 2.75) is 30.6 Å². The first-order chi connectivity index (χ1) is 14.8. The fraction of sp³-hybridized carbons (Fsp3) is 0.294. The molecule has 0 aliphatic carbocycles. The third kappa shape index (κ3) is 3.77. The van der Waals surface area contributed by atoms with E-state index in [4.69, 9.17) is 10.5 Å². The molecule has 0 atom stereocenters. The Kier molecular flexibility index (Phi) is 6.01. The molecule has 178 valence electrons. The lowest BCUT2D eigenvalue weighted by Crippen LogP contribution is -2.51. The first-order valence-electron chi connectivity index (χ1n) is 7.80. The van der Waals surface area contributed by atoms with Crippen molar-refractivity contribution in [2.24, 2.45) is 0 Å². The van der Waals surface area contributed by atoms with E-state index >= 15 is 0 Å². The van der Waals surface area contributed by atoms with Crippen molar-refractivity contribution < 1.29 is 61.5 Å². The van der Waals surface area contributed by atoms with Gasteiger partial charge in [-0.2, -0.15) is 50.0 Å². The highest BCUT2D eigenvalue weighted by Gasteiger charge is 2.75. The molecule has 0 amide bonds. The Morgan fingerprint density at radius 3 is 1.30 bits per heavy atom. The van der Waals surface area contributed by atoms with Gasteiger partial charge in [-0.3, -0.25) is 0 Å². The van der Waals surface area contributed by atoms with Gasteiger partial charge in [-0.05, 0) is 5.56 Å².